The second-order valence-corrected chi connectivity index (χ2v) is 9.13. The van der Waals surface area contributed by atoms with E-state index in [1.54, 1.807) is 36.4 Å². The molecule has 0 saturated heterocycles. The van der Waals surface area contributed by atoms with Gasteiger partial charge in [-0.2, -0.15) is 13.2 Å². The molecule has 184 valence electrons. The molecule has 0 spiro atoms. The van der Waals surface area contributed by atoms with Gasteiger partial charge in [0.05, 0.1) is 10.4 Å². The molecule has 4 aromatic rings. The first-order chi connectivity index (χ1) is 16.4. The van der Waals surface area contributed by atoms with Crippen molar-refractivity contribution in [1.82, 2.24) is 19.3 Å². The lowest BCUT2D eigenvalue weighted by molar-refractivity contribution is -0.192. The van der Waals surface area contributed by atoms with Gasteiger partial charge in [-0.15, -0.1) is 0 Å². The van der Waals surface area contributed by atoms with Crippen LogP contribution < -0.4 is 10.0 Å². The quantitative estimate of drug-likeness (QED) is 0.352. The van der Waals surface area contributed by atoms with E-state index >= 15 is 0 Å². The summed E-state index contributed by atoms with van der Waals surface area (Å²) in [6, 6.07) is 15.9. The maximum absolute atomic E-state index is 12.1. The number of halogens is 4. The smallest absolute Gasteiger partial charge is 0.475 e. The number of sulfonamides is 1. The van der Waals surface area contributed by atoms with E-state index in [1.165, 1.54) is 13.4 Å². The van der Waals surface area contributed by atoms with Crippen LogP contribution in [0.25, 0.3) is 16.7 Å². The number of anilines is 2. The Balaban J connectivity index is 0.000000429. The Labute approximate surface area is 202 Å². The van der Waals surface area contributed by atoms with Crippen LogP contribution in [0.15, 0.2) is 72.0 Å². The summed E-state index contributed by atoms with van der Waals surface area (Å²) in [4.78, 5) is 17.7. The molecule has 4 rings (SSSR count). The van der Waals surface area contributed by atoms with Crippen LogP contribution in [0.4, 0.5) is 24.7 Å². The minimum atomic E-state index is -5.08. The van der Waals surface area contributed by atoms with Gasteiger partial charge >= 0.3 is 12.1 Å². The fraction of sp³-hybridized carbons (Fsp3) is 0.0952. The van der Waals surface area contributed by atoms with Crippen molar-refractivity contribution in [2.24, 2.45) is 0 Å². The number of aromatic nitrogens is 3. The summed E-state index contributed by atoms with van der Waals surface area (Å²) in [5, 5.41) is 11.9. The molecule has 0 aliphatic carbocycles. The Hall–Kier alpha value is -3.68. The number of nitrogens with zero attached hydrogens (tertiary/aromatic N) is 3. The second kappa shape index (κ2) is 10.3. The Bertz CT molecular complexity index is 1460. The lowest BCUT2D eigenvalue weighted by atomic mass is 10.2. The van der Waals surface area contributed by atoms with Crippen LogP contribution in [0.5, 0.6) is 0 Å². The Morgan fingerprint density at radius 2 is 1.71 bits per heavy atom. The highest BCUT2D eigenvalue weighted by Crippen LogP contribution is 2.24. The molecule has 3 N–H and O–H groups in total. The van der Waals surface area contributed by atoms with Gasteiger partial charge in [0.15, 0.2) is 0 Å². The summed E-state index contributed by atoms with van der Waals surface area (Å²) < 4.78 is 60.1. The molecule has 0 amide bonds. The van der Waals surface area contributed by atoms with Crippen molar-refractivity contribution < 1.29 is 31.5 Å². The highest BCUT2D eigenvalue weighted by molar-refractivity contribution is 7.89. The molecule has 9 nitrogen and oxygen atoms in total. The number of carboxylic acid groups (broad SMARTS) is 1. The number of benzene rings is 2. The van der Waals surface area contributed by atoms with Gasteiger partial charge in [-0.1, -0.05) is 17.7 Å². The normalized spacial score (nSPS) is 11.6. The average Bonchev–Trinajstić information content (AvgIpc) is 3.24. The molecule has 2 aromatic heterocycles. The maximum atomic E-state index is 12.1. The van der Waals surface area contributed by atoms with Crippen LogP contribution in [-0.2, 0) is 14.8 Å². The van der Waals surface area contributed by atoms with Gasteiger partial charge in [0, 0.05) is 28.4 Å². The van der Waals surface area contributed by atoms with Gasteiger partial charge in [-0.3, -0.25) is 0 Å². The van der Waals surface area contributed by atoms with Crippen LogP contribution in [0.3, 0.4) is 0 Å². The number of rotatable bonds is 5. The molecule has 0 aliphatic rings. The molecule has 2 heterocycles. The van der Waals surface area contributed by atoms with Gasteiger partial charge in [0.1, 0.15) is 18.0 Å². The summed E-state index contributed by atoms with van der Waals surface area (Å²) in [6.45, 7) is 0. The summed E-state index contributed by atoms with van der Waals surface area (Å²) in [5.74, 6) is -1.54. The van der Waals surface area contributed by atoms with Crippen molar-refractivity contribution in [3.63, 3.8) is 0 Å². The number of aliphatic carboxylic acids is 1. The van der Waals surface area contributed by atoms with Crippen molar-refractivity contribution in [2.75, 3.05) is 12.4 Å². The molecule has 0 unspecified atom stereocenters. The molecule has 2 aromatic carbocycles. The van der Waals surface area contributed by atoms with Gasteiger partial charge in [-0.25, -0.2) is 27.9 Å². The van der Waals surface area contributed by atoms with Gasteiger partial charge in [-0.05, 0) is 49.5 Å². The van der Waals surface area contributed by atoms with Crippen molar-refractivity contribution in [3.8, 4) is 5.82 Å². The number of nitrogens with one attached hydrogen (secondary N) is 2. The van der Waals surface area contributed by atoms with E-state index in [4.69, 9.17) is 21.5 Å². The molecular formula is C21H17ClF3N5O4S. The van der Waals surface area contributed by atoms with Crippen LogP contribution in [0.1, 0.15) is 0 Å². The fourth-order valence-electron chi connectivity index (χ4n) is 2.82. The zero-order chi connectivity index (χ0) is 25.8. The van der Waals surface area contributed by atoms with Gasteiger partial charge in [0.25, 0.3) is 0 Å². The van der Waals surface area contributed by atoms with Crippen LogP contribution >= 0.6 is 11.6 Å². The first-order valence-corrected chi connectivity index (χ1v) is 11.5. The molecule has 35 heavy (non-hydrogen) atoms. The SMILES string of the molecule is CNS(=O)(=O)c1ccc2ccn(-c3cc(Nc4ccc(Cl)cc4)ncn3)c2c1.O=C(O)C(F)(F)F. The molecule has 0 aliphatic heterocycles. The minimum Gasteiger partial charge on any atom is -0.475 e. The van der Waals surface area contributed by atoms with E-state index in [0.29, 0.717) is 16.7 Å². The molecule has 14 heteroatoms. The van der Waals surface area contributed by atoms with Crippen LogP contribution in [0, 0.1) is 0 Å². The zero-order valence-corrected chi connectivity index (χ0v) is 19.4. The van der Waals surface area contributed by atoms with E-state index in [2.05, 4.69) is 20.0 Å². The standard InChI is InChI=1S/C19H16ClN5O2S.C2HF3O2/c1-21-28(26,27)16-7-2-13-8-9-25(17(13)10-16)19-11-18(22-12-23-19)24-15-5-3-14(20)4-6-15;3-2(4,5)1(6)7/h2-12,21H,1H3,(H,22,23,24);(H,6,7). The zero-order valence-electron chi connectivity index (χ0n) is 17.8. The predicted molar refractivity (Wildman–Crippen MR) is 124 cm³/mol. The highest BCUT2D eigenvalue weighted by atomic mass is 35.5. The number of fused-ring (bicyclic) bond motifs is 1. The average molecular weight is 528 g/mol. The molecule has 0 fully saturated rings. The van der Waals surface area contributed by atoms with Gasteiger partial charge in [0.2, 0.25) is 10.0 Å². The summed E-state index contributed by atoms with van der Waals surface area (Å²) in [6.07, 6.45) is -1.79. The van der Waals surface area contributed by atoms with Crippen molar-refractivity contribution >= 4 is 50.0 Å². The number of carbonyl (C=O) groups is 1. The summed E-state index contributed by atoms with van der Waals surface area (Å²) in [7, 11) is -2.15. The van der Waals surface area contributed by atoms with E-state index < -0.39 is 22.2 Å². The minimum absolute atomic E-state index is 0.191. The molecule has 0 bridgehead atoms. The van der Waals surface area contributed by atoms with Crippen LogP contribution in [-0.4, -0.2) is 47.3 Å². The highest BCUT2D eigenvalue weighted by Gasteiger charge is 2.38. The van der Waals surface area contributed by atoms with E-state index in [0.717, 1.165) is 16.6 Å². The number of hydrogen-bond acceptors (Lipinski definition) is 6. The Morgan fingerprint density at radius 1 is 1.06 bits per heavy atom. The van der Waals surface area contributed by atoms with E-state index in [-0.39, 0.29) is 4.90 Å². The largest absolute Gasteiger partial charge is 0.490 e. The first kappa shape index (κ1) is 25.9. The maximum Gasteiger partial charge on any atom is 0.490 e. The molecule has 0 radical (unpaired) electrons. The third-order valence-electron chi connectivity index (χ3n) is 4.50. The monoisotopic (exact) mass is 527 g/mol. The molecule has 0 atom stereocenters. The van der Waals surface area contributed by atoms with Crippen molar-refractivity contribution in [2.45, 2.75) is 11.1 Å². The second-order valence-electron chi connectivity index (χ2n) is 6.81. The fourth-order valence-corrected chi connectivity index (χ4v) is 3.70. The van der Waals surface area contributed by atoms with Crippen molar-refractivity contribution in [3.05, 3.63) is 72.1 Å². The Morgan fingerprint density at radius 3 is 2.31 bits per heavy atom. The third kappa shape index (κ3) is 6.47. The number of hydrogen-bond donors (Lipinski definition) is 3. The van der Waals surface area contributed by atoms with E-state index in [1.807, 2.05) is 29.0 Å². The van der Waals surface area contributed by atoms with Crippen LogP contribution in [0.2, 0.25) is 5.02 Å². The Kier molecular flexibility index (Phi) is 7.63. The summed E-state index contributed by atoms with van der Waals surface area (Å²) >= 11 is 5.91. The molecular weight excluding hydrogens is 511 g/mol. The first-order valence-electron chi connectivity index (χ1n) is 9.60. The topological polar surface area (TPSA) is 126 Å². The number of alkyl halides is 3. The lowest BCUT2D eigenvalue weighted by Crippen LogP contribution is -2.21. The van der Waals surface area contributed by atoms with Gasteiger partial charge < -0.3 is 15.0 Å². The molecule has 0 saturated carbocycles. The third-order valence-corrected chi connectivity index (χ3v) is 6.17. The predicted octanol–water partition coefficient (Wildman–Crippen LogP) is 4.36. The number of carboxylic acids is 1. The lowest BCUT2D eigenvalue weighted by Gasteiger charge is -2.09. The van der Waals surface area contributed by atoms with Crippen molar-refractivity contribution in [1.29, 1.82) is 0 Å². The summed E-state index contributed by atoms with van der Waals surface area (Å²) in [5.41, 5.74) is 1.57. The van der Waals surface area contributed by atoms with E-state index in [9.17, 15) is 21.6 Å².